The molecule has 0 aromatic heterocycles. The van der Waals surface area contributed by atoms with Gasteiger partial charge in [-0.25, -0.2) is 0 Å². The van der Waals surface area contributed by atoms with Crippen LogP contribution in [0, 0.1) is 0 Å². The minimum Gasteiger partial charge on any atom is -0.480 e. The number of rotatable bonds is 2. The summed E-state index contributed by atoms with van der Waals surface area (Å²) in [5.41, 5.74) is 2.36. The van der Waals surface area contributed by atoms with Crippen molar-refractivity contribution in [2.75, 3.05) is 31.1 Å². The largest absolute Gasteiger partial charge is 0.480 e. The molecule has 0 saturated carbocycles. The maximum Gasteiger partial charge on any atom is 0.264 e. The van der Waals surface area contributed by atoms with Gasteiger partial charge < -0.3 is 14.5 Å². The van der Waals surface area contributed by atoms with Crippen LogP contribution in [0.25, 0.3) is 0 Å². The number of hydrogen-bond acceptors (Lipinski definition) is 3. The van der Waals surface area contributed by atoms with E-state index in [4.69, 9.17) is 4.74 Å². The Morgan fingerprint density at radius 1 is 0.913 bits per heavy atom. The zero-order valence-electron chi connectivity index (χ0n) is 13.0. The second-order valence-corrected chi connectivity index (χ2v) is 6.07. The Kier molecular flexibility index (Phi) is 3.66. The highest BCUT2D eigenvalue weighted by Gasteiger charge is 2.33. The van der Waals surface area contributed by atoms with Crippen molar-refractivity contribution in [3.8, 4) is 5.75 Å². The van der Waals surface area contributed by atoms with Crippen LogP contribution in [-0.4, -0.2) is 43.1 Å². The topological polar surface area (TPSA) is 32.8 Å². The Morgan fingerprint density at radius 3 is 2.35 bits per heavy atom. The van der Waals surface area contributed by atoms with E-state index in [0.29, 0.717) is 6.42 Å². The van der Waals surface area contributed by atoms with Gasteiger partial charge in [0.25, 0.3) is 5.91 Å². The summed E-state index contributed by atoms with van der Waals surface area (Å²) >= 11 is 0. The van der Waals surface area contributed by atoms with E-state index < -0.39 is 0 Å². The average Bonchev–Trinajstić information content (AvgIpc) is 3.06. The van der Waals surface area contributed by atoms with E-state index in [1.807, 2.05) is 35.2 Å². The Morgan fingerprint density at radius 2 is 1.61 bits per heavy atom. The molecule has 2 aromatic rings. The molecule has 2 heterocycles. The zero-order valence-corrected chi connectivity index (χ0v) is 13.0. The molecule has 4 nitrogen and oxygen atoms in total. The molecule has 0 bridgehead atoms. The van der Waals surface area contributed by atoms with Gasteiger partial charge in [0.2, 0.25) is 0 Å². The number of ether oxygens (including phenoxy) is 1. The maximum atomic E-state index is 12.7. The fourth-order valence-electron chi connectivity index (χ4n) is 3.35. The summed E-state index contributed by atoms with van der Waals surface area (Å²) in [7, 11) is 0. The summed E-state index contributed by atoms with van der Waals surface area (Å²) in [4.78, 5) is 17.0. The number of benzene rings is 2. The summed E-state index contributed by atoms with van der Waals surface area (Å²) in [5, 5.41) is 0. The first kappa shape index (κ1) is 14.1. The number of carbonyl (C=O) groups is 1. The zero-order chi connectivity index (χ0) is 15.6. The normalized spacial score (nSPS) is 20.1. The molecule has 0 radical (unpaired) electrons. The lowest BCUT2D eigenvalue weighted by Gasteiger charge is -2.36. The number of carbonyl (C=O) groups excluding carboxylic acids is 1. The second kappa shape index (κ2) is 5.95. The van der Waals surface area contributed by atoms with Crippen LogP contribution in [0.4, 0.5) is 5.69 Å². The first-order valence-electron chi connectivity index (χ1n) is 8.14. The molecule has 2 aliphatic rings. The molecule has 2 aromatic carbocycles. The van der Waals surface area contributed by atoms with Gasteiger partial charge in [0.15, 0.2) is 6.10 Å². The quantitative estimate of drug-likeness (QED) is 0.854. The van der Waals surface area contributed by atoms with Gasteiger partial charge in [-0.05, 0) is 23.8 Å². The van der Waals surface area contributed by atoms with E-state index in [0.717, 1.165) is 37.5 Å². The van der Waals surface area contributed by atoms with Gasteiger partial charge in [-0.2, -0.15) is 0 Å². The summed E-state index contributed by atoms with van der Waals surface area (Å²) in [5.74, 6) is 0.975. The van der Waals surface area contributed by atoms with E-state index in [1.54, 1.807) is 0 Å². The predicted octanol–water partition coefficient (Wildman–Crippen LogP) is 2.34. The monoisotopic (exact) mass is 308 g/mol. The van der Waals surface area contributed by atoms with Crippen LogP contribution in [0.1, 0.15) is 5.56 Å². The molecule has 0 aliphatic carbocycles. The summed E-state index contributed by atoms with van der Waals surface area (Å²) < 4.78 is 5.83. The third-order valence-corrected chi connectivity index (χ3v) is 4.64. The number of anilines is 1. The van der Waals surface area contributed by atoms with Crippen LogP contribution in [0.15, 0.2) is 54.6 Å². The van der Waals surface area contributed by atoms with Gasteiger partial charge in [0.1, 0.15) is 5.75 Å². The molecule has 0 N–H and O–H groups in total. The third-order valence-electron chi connectivity index (χ3n) is 4.64. The minimum atomic E-state index is -0.351. The van der Waals surface area contributed by atoms with Crippen molar-refractivity contribution >= 4 is 11.6 Å². The van der Waals surface area contributed by atoms with Crippen LogP contribution in [0.2, 0.25) is 0 Å². The summed E-state index contributed by atoms with van der Waals surface area (Å²) in [6.07, 6.45) is 0.337. The highest BCUT2D eigenvalue weighted by Crippen LogP contribution is 2.29. The number of para-hydroxylation sites is 2. The van der Waals surface area contributed by atoms with Gasteiger partial charge >= 0.3 is 0 Å². The standard InChI is InChI=1S/C19H20N2O2/c22-19(18-14-15-6-4-5-9-17(15)23-18)21-12-10-20(11-13-21)16-7-2-1-3-8-16/h1-9,18H,10-14H2/t18-/m0/s1. The Hall–Kier alpha value is -2.49. The SMILES string of the molecule is O=C([C@@H]1Cc2ccccc2O1)N1CCN(c2ccccc2)CC1. The van der Waals surface area contributed by atoms with Crippen LogP contribution in [0.5, 0.6) is 5.75 Å². The van der Waals surface area contributed by atoms with Crippen LogP contribution in [-0.2, 0) is 11.2 Å². The molecular formula is C19H20N2O2. The third kappa shape index (κ3) is 2.77. The van der Waals surface area contributed by atoms with Crippen molar-refractivity contribution in [3.05, 3.63) is 60.2 Å². The van der Waals surface area contributed by atoms with Gasteiger partial charge in [-0.15, -0.1) is 0 Å². The summed E-state index contributed by atoms with van der Waals surface area (Å²) in [6.45, 7) is 3.25. The van der Waals surface area contributed by atoms with E-state index in [-0.39, 0.29) is 12.0 Å². The van der Waals surface area contributed by atoms with Crippen molar-refractivity contribution in [1.29, 1.82) is 0 Å². The highest BCUT2D eigenvalue weighted by atomic mass is 16.5. The first-order chi connectivity index (χ1) is 11.3. The van der Waals surface area contributed by atoms with Gasteiger partial charge in [-0.3, -0.25) is 4.79 Å². The molecule has 1 atom stereocenters. The molecule has 0 spiro atoms. The average molecular weight is 308 g/mol. The van der Waals surface area contributed by atoms with E-state index >= 15 is 0 Å². The number of nitrogens with zero attached hydrogens (tertiary/aromatic N) is 2. The molecule has 23 heavy (non-hydrogen) atoms. The molecule has 0 unspecified atom stereocenters. The Balaban J connectivity index is 1.37. The van der Waals surface area contributed by atoms with Crippen molar-refractivity contribution < 1.29 is 9.53 Å². The van der Waals surface area contributed by atoms with Crippen LogP contribution < -0.4 is 9.64 Å². The smallest absolute Gasteiger partial charge is 0.264 e. The predicted molar refractivity (Wildman–Crippen MR) is 89.8 cm³/mol. The molecule has 1 saturated heterocycles. The highest BCUT2D eigenvalue weighted by molar-refractivity contribution is 5.83. The van der Waals surface area contributed by atoms with Gasteiger partial charge in [0.05, 0.1) is 0 Å². The van der Waals surface area contributed by atoms with Crippen molar-refractivity contribution in [2.45, 2.75) is 12.5 Å². The Bertz CT molecular complexity index is 669. The molecule has 1 fully saturated rings. The van der Waals surface area contributed by atoms with Crippen molar-refractivity contribution in [2.24, 2.45) is 0 Å². The minimum absolute atomic E-state index is 0.119. The molecule has 4 rings (SSSR count). The maximum absolute atomic E-state index is 12.7. The summed E-state index contributed by atoms with van der Waals surface area (Å²) in [6, 6.07) is 18.3. The Labute approximate surface area is 136 Å². The van der Waals surface area contributed by atoms with Crippen molar-refractivity contribution in [3.63, 3.8) is 0 Å². The van der Waals surface area contributed by atoms with Crippen molar-refractivity contribution in [1.82, 2.24) is 4.90 Å². The second-order valence-electron chi connectivity index (χ2n) is 6.07. The van der Waals surface area contributed by atoms with E-state index in [1.165, 1.54) is 5.69 Å². The molecule has 2 aliphatic heterocycles. The van der Waals surface area contributed by atoms with E-state index in [9.17, 15) is 4.79 Å². The number of fused-ring (bicyclic) bond motifs is 1. The molecule has 1 amide bonds. The lowest BCUT2D eigenvalue weighted by molar-refractivity contribution is -0.138. The number of hydrogen-bond donors (Lipinski definition) is 0. The lowest BCUT2D eigenvalue weighted by atomic mass is 10.1. The lowest BCUT2D eigenvalue weighted by Crippen LogP contribution is -2.52. The molecule has 118 valence electrons. The fourth-order valence-corrected chi connectivity index (χ4v) is 3.35. The van der Waals surface area contributed by atoms with E-state index in [2.05, 4.69) is 29.2 Å². The molecule has 4 heteroatoms. The first-order valence-corrected chi connectivity index (χ1v) is 8.14. The molecular weight excluding hydrogens is 288 g/mol. The fraction of sp³-hybridized carbons (Fsp3) is 0.316. The van der Waals surface area contributed by atoms with Crippen LogP contribution in [0.3, 0.4) is 0 Å². The number of amides is 1. The van der Waals surface area contributed by atoms with Gasteiger partial charge in [-0.1, -0.05) is 36.4 Å². The number of piperazine rings is 1. The van der Waals surface area contributed by atoms with Gasteiger partial charge in [0, 0.05) is 38.3 Å². The van der Waals surface area contributed by atoms with Crippen LogP contribution >= 0.6 is 0 Å².